The molecule has 1 rings (SSSR count). The highest BCUT2D eigenvalue weighted by Crippen LogP contribution is 2.16. The number of benzene rings is 1. The summed E-state index contributed by atoms with van der Waals surface area (Å²) in [5, 5.41) is 5.70. The molecular weight excluding hydrogens is 240 g/mol. The van der Waals surface area contributed by atoms with E-state index in [0.717, 1.165) is 11.3 Å². The van der Waals surface area contributed by atoms with Gasteiger partial charge in [-0.3, -0.25) is 4.79 Å². The Morgan fingerprint density at radius 3 is 2.41 bits per heavy atom. The average molecular weight is 259 g/mol. The first-order valence-electron chi connectivity index (χ1n) is 5.25. The van der Waals surface area contributed by atoms with Crippen molar-refractivity contribution in [3.05, 3.63) is 29.8 Å². The third-order valence-corrected chi connectivity index (χ3v) is 2.33. The highest BCUT2D eigenvalue weighted by Gasteiger charge is 2.08. The second-order valence-electron chi connectivity index (χ2n) is 3.59. The fraction of sp³-hybridized carbons (Fsp3) is 0.417. The van der Waals surface area contributed by atoms with Crippen molar-refractivity contribution >= 4 is 18.3 Å². The van der Waals surface area contributed by atoms with Gasteiger partial charge in [-0.25, -0.2) is 0 Å². The van der Waals surface area contributed by atoms with E-state index in [1.54, 1.807) is 14.2 Å². The average Bonchev–Trinajstić information content (AvgIpc) is 2.29. The molecule has 0 spiro atoms. The lowest BCUT2D eigenvalue weighted by Gasteiger charge is -2.14. The summed E-state index contributed by atoms with van der Waals surface area (Å²) in [5.41, 5.74) is 1.06. The zero-order valence-corrected chi connectivity index (χ0v) is 11.1. The first kappa shape index (κ1) is 15.7. The summed E-state index contributed by atoms with van der Waals surface area (Å²) in [7, 11) is 3.38. The first-order valence-corrected chi connectivity index (χ1v) is 5.25. The summed E-state index contributed by atoms with van der Waals surface area (Å²) in [5.74, 6) is 0.809. The Kier molecular flexibility index (Phi) is 7.34. The van der Waals surface area contributed by atoms with E-state index < -0.39 is 0 Å². The van der Waals surface area contributed by atoms with E-state index in [0.29, 0.717) is 6.54 Å². The van der Waals surface area contributed by atoms with Gasteiger partial charge < -0.3 is 15.4 Å². The van der Waals surface area contributed by atoms with Crippen molar-refractivity contribution in [3.63, 3.8) is 0 Å². The van der Waals surface area contributed by atoms with Crippen molar-refractivity contribution < 1.29 is 9.53 Å². The predicted octanol–water partition coefficient (Wildman–Crippen LogP) is 1.51. The number of carbonyl (C=O) groups is 1. The third-order valence-electron chi connectivity index (χ3n) is 2.33. The number of ether oxygens (including phenoxy) is 1. The van der Waals surface area contributed by atoms with E-state index in [-0.39, 0.29) is 24.4 Å². The Labute approximate surface area is 108 Å². The maximum absolute atomic E-state index is 11.4. The van der Waals surface area contributed by atoms with Gasteiger partial charge in [-0.1, -0.05) is 12.1 Å². The normalized spacial score (nSPS) is 11.2. The van der Waals surface area contributed by atoms with Crippen LogP contribution in [0.5, 0.6) is 5.75 Å². The van der Waals surface area contributed by atoms with E-state index in [1.165, 1.54) is 0 Å². The van der Waals surface area contributed by atoms with E-state index in [9.17, 15) is 4.79 Å². The molecule has 1 amide bonds. The number of halogens is 1. The van der Waals surface area contributed by atoms with Crippen molar-refractivity contribution in [2.45, 2.75) is 13.0 Å². The second kappa shape index (κ2) is 7.92. The summed E-state index contributed by atoms with van der Waals surface area (Å²) in [6, 6.07) is 7.67. The van der Waals surface area contributed by atoms with Crippen molar-refractivity contribution in [1.82, 2.24) is 10.6 Å². The molecule has 0 aliphatic heterocycles. The molecule has 0 bridgehead atoms. The summed E-state index contributed by atoms with van der Waals surface area (Å²) in [4.78, 5) is 11.4. The zero-order valence-electron chi connectivity index (χ0n) is 10.3. The Balaban J connectivity index is 0.00000256. The molecule has 0 aliphatic rings. The van der Waals surface area contributed by atoms with Crippen LogP contribution in [0, 0.1) is 0 Å². The lowest BCUT2D eigenvalue weighted by Crippen LogP contribution is -2.33. The lowest BCUT2D eigenvalue weighted by molar-refractivity contribution is -0.120. The molecule has 1 aromatic carbocycles. The van der Waals surface area contributed by atoms with Crippen molar-refractivity contribution in [2.75, 3.05) is 20.7 Å². The minimum atomic E-state index is -0.00850. The fourth-order valence-electron chi connectivity index (χ4n) is 1.43. The van der Waals surface area contributed by atoms with Gasteiger partial charge in [0.15, 0.2) is 0 Å². The minimum Gasteiger partial charge on any atom is -0.497 e. The topological polar surface area (TPSA) is 50.4 Å². The van der Waals surface area contributed by atoms with E-state index in [1.807, 2.05) is 31.2 Å². The van der Waals surface area contributed by atoms with Gasteiger partial charge in [-0.15, -0.1) is 12.4 Å². The SMILES string of the molecule is CNCC(=O)NC(C)c1ccc(OC)cc1.Cl. The molecule has 1 aromatic rings. The van der Waals surface area contributed by atoms with Gasteiger partial charge in [0.05, 0.1) is 19.7 Å². The highest BCUT2D eigenvalue weighted by molar-refractivity contribution is 5.85. The molecule has 2 N–H and O–H groups in total. The molecule has 17 heavy (non-hydrogen) atoms. The summed E-state index contributed by atoms with van der Waals surface area (Å²) < 4.78 is 5.07. The number of hydrogen-bond acceptors (Lipinski definition) is 3. The Hall–Kier alpha value is -1.26. The Morgan fingerprint density at radius 1 is 1.35 bits per heavy atom. The van der Waals surface area contributed by atoms with Crippen LogP contribution < -0.4 is 15.4 Å². The number of carbonyl (C=O) groups excluding carboxylic acids is 1. The first-order chi connectivity index (χ1) is 7.67. The largest absolute Gasteiger partial charge is 0.497 e. The molecule has 0 saturated carbocycles. The van der Waals surface area contributed by atoms with Gasteiger partial charge in [0.2, 0.25) is 5.91 Å². The molecule has 0 aliphatic carbocycles. The lowest BCUT2D eigenvalue weighted by atomic mass is 10.1. The van der Waals surface area contributed by atoms with Gasteiger partial charge in [0.25, 0.3) is 0 Å². The molecule has 4 nitrogen and oxygen atoms in total. The summed E-state index contributed by atoms with van der Waals surface area (Å²) in [6.45, 7) is 2.29. The number of hydrogen-bond donors (Lipinski definition) is 2. The number of amides is 1. The van der Waals surface area contributed by atoms with Crippen LogP contribution in [0.2, 0.25) is 0 Å². The molecule has 1 atom stereocenters. The van der Waals surface area contributed by atoms with Crippen molar-refractivity contribution in [3.8, 4) is 5.75 Å². The molecule has 0 aromatic heterocycles. The van der Waals surface area contributed by atoms with Gasteiger partial charge >= 0.3 is 0 Å². The van der Waals surface area contributed by atoms with Crippen LogP contribution in [0.1, 0.15) is 18.5 Å². The number of likely N-dealkylation sites (N-methyl/N-ethyl adjacent to an activating group) is 1. The third kappa shape index (κ3) is 5.06. The maximum Gasteiger partial charge on any atom is 0.234 e. The Bertz CT molecular complexity index is 341. The van der Waals surface area contributed by atoms with E-state index in [2.05, 4.69) is 10.6 Å². The van der Waals surface area contributed by atoms with Gasteiger partial charge in [0, 0.05) is 0 Å². The highest BCUT2D eigenvalue weighted by atomic mass is 35.5. The van der Waals surface area contributed by atoms with Crippen LogP contribution in [-0.4, -0.2) is 26.6 Å². The van der Waals surface area contributed by atoms with Crippen molar-refractivity contribution in [1.29, 1.82) is 0 Å². The van der Waals surface area contributed by atoms with Crippen LogP contribution in [-0.2, 0) is 4.79 Å². The van der Waals surface area contributed by atoms with Crippen LogP contribution in [0.4, 0.5) is 0 Å². The molecule has 96 valence electrons. The van der Waals surface area contributed by atoms with Crippen molar-refractivity contribution in [2.24, 2.45) is 0 Å². The van der Waals surface area contributed by atoms with Gasteiger partial charge in [0.1, 0.15) is 5.75 Å². The Morgan fingerprint density at radius 2 is 1.94 bits per heavy atom. The quantitative estimate of drug-likeness (QED) is 0.842. The maximum atomic E-state index is 11.4. The number of rotatable bonds is 5. The van der Waals surface area contributed by atoms with Gasteiger partial charge in [-0.2, -0.15) is 0 Å². The second-order valence-corrected chi connectivity index (χ2v) is 3.59. The summed E-state index contributed by atoms with van der Waals surface area (Å²) in [6.07, 6.45) is 0. The molecule has 5 heteroatoms. The number of methoxy groups -OCH3 is 1. The smallest absolute Gasteiger partial charge is 0.234 e. The molecular formula is C12H19ClN2O2. The van der Waals surface area contributed by atoms with Crippen LogP contribution >= 0.6 is 12.4 Å². The molecule has 0 radical (unpaired) electrons. The van der Waals surface area contributed by atoms with E-state index in [4.69, 9.17) is 4.74 Å². The van der Waals surface area contributed by atoms with Crippen LogP contribution in [0.3, 0.4) is 0 Å². The molecule has 0 heterocycles. The monoisotopic (exact) mass is 258 g/mol. The zero-order chi connectivity index (χ0) is 12.0. The number of nitrogens with one attached hydrogen (secondary N) is 2. The molecule has 0 saturated heterocycles. The minimum absolute atomic E-state index is 0. The van der Waals surface area contributed by atoms with Crippen LogP contribution in [0.15, 0.2) is 24.3 Å². The molecule has 1 unspecified atom stereocenters. The molecule has 0 fully saturated rings. The van der Waals surface area contributed by atoms with Crippen LogP contribution in [0.25, 0.3) is 0 Å². The standard InChI is InChI=1S/C12H18N2O2.ClH/c1-9(14-12(15)8-13-2)10-4-6-11(16-3)7-5-10;/h4-7,9,13H,8H2,1-3H3,(H,14,15);1H. The van der Waals surface area contributed by atoms with Gasteiger partial charge in [-0.05, 0) is 31.7 Å². The predicted molar refractivity (Wildman–Crippen MR) is 70.7 cm³/mol. The van der Waals surface area contributed by atoms with E-state index >= 15 is 0 Å². The fourth-order valence-corrected chi connectivity index (χ4v) is 1.43. The summed E-state index contributed by atoms with van der Waals surface area (Å²) >= 11 is 0.